The van der Waals surface area contributed by atoms with E-state index in [1.165, 1.54) is 4.88 Å². The number of thiophene rings is 1. The van der Waals surface area contributed by atoms with Crippen LogP contribution in [0.4, 0.5) is 0 Å². The van der Waals surface area contributed by atoms with Gasteiger partial charge in [-0.3, -0.25) is 4.79 Å². The molecule has 1 saturated heterocycles. The Hall–Kier alpha value is -0.910. The highest BCUT2D eigenvalue weighted by Gasteiger charge is 2.29. The molecule has 5 heteroatoms. The molecule has 1 fully saturated rings. The Balaban J connectivity index is 2.01. The number of morpholine rings is 1. The van der Waals surface area contributed by atoms with Crippen LogP contribution in [0, 0.1) is 5.92 Å². The summed E-state index contributed by atoms with van der Waals surface area (Å²) in [6.45, 7) is 5.66. The molecule has 1 amide bonds. The smallest absolute Gasteiger partial charge is 0.227 e. The van der Waals surface area contributed by atoms with E-state index in [0.717, 1.165) is 0 Å². The van der Waals surface area contributed by atoms with Gasteiger partial charge in [0.2, 0.25) is 5.91 Å². The number of rotatable bonds is 3. The zero-order valence-corrected chi connectivity index (χ0v) is 11.7. The normalized spacial score (nSPS) is 23.7. The second-order valence-electron chi connectivity index (χ2n) is 4.81. The molecule has 0 saturated carbocycles. The number of hydrogen-bond donors (Lipinski definition) is 1. The zero-order chi connectivity index (χ0) is 13.1. The summed E-state index contributed by atoms with van der Waals surface area (Å²) in [7, 11) is 0. The molecule has 1 aromatic rings. The zero-order valence-electron chi connectivity index (χ0n) is 10.8. The Kier molecular flexibility index (Phi) is 4.37. The fourth-order valence-electron chi connectivity index (χ4n) is 2.01. The van der Waals surface area contributed by atoms with E-state index in [-0.39, 0.29) is 24.0 Å². The number of nitrogens with zero attached hydrogens (tertiary/aromatic N) is 1. The summed E-state index contributed by atoms with van der Waals surface area (Å²) < 4.78 is 5.73. The van der Waals surface area contributed by atoms with Crippen LogP contribution < -0.4 is 5.73 Å². The van der Waals surface area contributed by atoms with Crippen molar-refractivity contribution in [1.29, 1.82) is 0 Å². The van der Waals surface area contributed by atoms with Gasteiger partial charge in [-0.05, 0) is 18.4 Å². The quantitative estimate of drug-likeness (QED) is 0.906. The topological polar surface area (TPSA) is 55.6 Å². The Morgan fingerprint density at radius 2 is 2.39 bits per heavy atom. The molecule has 1 aliphatic rings. The van der Waals surface area contributed by atoms with Crippen molar-refractivity contribution in [3.8, 4) is 0 Å². The van der Waals surface area contributed by atoms with Crippen LogP contribution >= 0.6 is 11.3 Å². The summed E-state index contributed by atoms with van der Waals surface area (Å²) in [5.41, 5.74) is 5.80. The van der Waals surface area contributed by atoms with Crippen molar-refractivity contribution >= 4 is 17.2 Å². The monoisotopic (exact) mass is 268 g/mol. The van der Waals surface area contributed by atoms with Crippen LogP contribution in [0.1, 0.15) is 24.8 Å². The minimum atomic E-state index is -0.132. The first-order chi connectivity index (χ1) is 8.59. The molecule has 2 rings (SSSR count). The molecule has 0 spiro atoms. The second-order valence-corrected chi connectivity index (χ2v) is 5.79. The van der Waals surface area contributed by atoms with E-state index in [0.29, 0.717) is 19.7 Å². The maximum absolute atomic E-state index is 12.2. The van der Waals surface area contributed by atoms with Gasteiger partial charge in [0, 0.05) is 17.5 Å². The van der Waals surface area contributed by atoms with Gasteiger partial charge in [-0.1, -0.05) is 13.0 Å². The predicted octanol–water partition coefficient (Wildman–Crippen LogP) is 1.63. The molecular weight excluding hydrogens is 248 g/mol. The predicted molar refractivity (Wildman–Crippen MR) is 72.4 cm³/mol. The van der Waals surface area contributed by atoms with E-state index in [4.69, 9.17) is 10.5 Å². The van der Waals surface area contributed by atoms with E-state index in [2.05, 4.69) is 6.07 Å². The largest absolute Gasteiger partial charge is 0.369 e. The number of ether oxygens (including phenoxy) is 1. The molecule has 18 heavy (non-hydrogen) atoms. The minimum Gasteiger partial charge on any atom is -0.369 e. The van der Waals surface area contributed by atoms with Crippen molar-refractivity contribution < 1.29 is 9.53 Å². The lowest BCUT2D eigenvalue weighted by atomic mass is 10.0. The van der Waals surface area contributed by atoms with Gasteiger partial charge < -0.3 is 15.4 Å². The summed E-state index contributed by atoms with van der Waals surface area (Å²) in [5, 5.41) is 2.03. The molecule has 1 aromatic heterocycles. The van der Waals surface area contributed by atoms with Crippen LogP contribution in [-0.2, 0) is 9.53 Å². The number of amides is 1. The minimum absolute atomic E-state index is 0.0166. The molecule has 3 unspecified atom stereocenters. The van der Waals surface area contributed by atoms with Gasteiger partial charge in [0.25, 0.3) is 0 Å². The third-order valence-electron chi connectivity index (χ3n) is 3.42. The fourth-order valence-corrected chi connectivity index (χ4v) is 2.77. The van der Waals surface area contributed by atoms with Crippen LogP contribution in [0.2, 0.25) is 0 Å². The van der Waals surface area contributed by atoms with Crippen LogP contribution in [0.5, 0.6) is 0 Å². The molecule has 2 N–H and O–H groups in total. The Morgan fingerprint density at radius 1 is 1.61 bits per heavy atom. The Bertz CT molecular complexity index is 392. The lowest BCUT2D eigenvalue weighted by Crippen LogP contribution is -2.47. The molecule has 0 bridgehead atoms. The van der Waals surface area contributed by atoms with E-state index in [1.54, 1.807) is 11.3 Å². The highest BCUT2D eigenvalue weighted by molar-refractivity contribution is 7.10. The lowest BCUT2D eigenvalue weighted by molar-refractivity contribution is -0.143. The first-order valence-corrected chi connectivity index (χ1v) is 7.17. The van der Waals surface area contributed by atoms with Gasteiger partial charge in [0.05, 0.1) is 19.1 Å². The van der Waals surface area contributed by atoms with Gasteiger partial charge in [-0.25, -0.2) is 0 Å². The first kappa shape index (κ1) is 13.5. The second kappa shape index (κ2) is 5.82. The molecule has 2 heterocycles. The maximum Gasteiger partial charge on any atom is 0.227 e. The highest BCUT2D eigenvalue weighted by Crippen LogP contribution is 2.26. The van der Waals surface area contributed by atoms with Gasteiger partial charge >= 0.3 is 0 Å². The molecule has 1 aliphatic heterocycles. The third kappa shape index (κ3) is 2.91. The van der Waals surface area contributed by atoms with E-state index >= 15 is 0 Å². The van der Waals surface area contributed by atoms with Crippen LogP contribution in [0.15, 0.2) is 17.5 Å². The number of nitrogens with two attached hydrogens (primary N) is 1. The van der Waals surface area contributed by atoms with Crippen molar-refractivity contribution in [1.82, 2.24) is 4.90 Å². The van der Waals surface area contributed by atoms with Gasteiger partial charge in [-0.2, -0.15) is 0 Å². The van der Waals surface area contributed by atoms with Crippen LogP contribution in [-0.4, -0.2) is 36.5 Å². The average Bonchev–Trinajstić information content (AvgIpc) is 2.91. The molecule has 4 nitrogen and oxygen atoms in total. The highest BCUT2D eigenvalue weighted by atomic mass is 32.1. The van der Waals surface area contributed by atoms with E-state index in [1.807, 2.05) is 30.2 Å². The standard InChI is InChI=1S/C13H20N2O2S/c1-9(10(2)14)13(16)15-5-6-17-11(8-15)12-4-3-7-18-12/h3-4,7,9-11H,5-6,8,14H2,1-2H3. The lowest BCUT2D eigenvalue weighted by Gasteiger charge is -2.34. The molecule has 0 aliphatic carbocycles. The fraction of sp³-hybridized carbons (Fsp3) is 0.615. The van der Waals surface area contributed by atoms with Crippen molar-refractivity contribution in [3.63, 3.8) is 0 Å². The molecular formula is C13H20N2O2S. The number of hydrogen-bond acceptors (Lipinski definition) is 4. The van der Waals surface area contributed by atoms with Crippen molar-refractivity contribution in [2.45, 2.75) is 26.0 Å². The van der Waals surface area contributed by atoms with Gasteiger partial charge in [0.1, 0.15) is 6.10 Å². The third-order valence-corrected chi connectivity index (χ3v) is 4.38. The molecule has 0 aromatic carbocycles. The van der Waals surface area contributed by atoms with Crippen molar-refractivity contribution in [3.05, 3.63) is 22.4 Å². The number of carbonyl (C=O) groups is 1. The summed E-state index contributed by atoms with van der Waals surface area (Å²) >= 11 is 1.67. The molecule has 0 radical (unpaired) electrons. The summed E-state index contributed by atoms with van der Waals surface area (Å²) in [5.74, 6) is 0.00180. The van der Waals surface area contributed by atoms with Gasteiger partial charge in [-0.15, -0.1) is 11.3 Å². The summed E-state index contributed by atoms with van der Waals surface area (Å²) in [6, 6.07) is 3.95. The van der Waals surface area contributed by atoms with Crippen molar-refractivity contribution in [2.75, 3.05) is 19.7 Å². The van der Waals surface area contributed by atoms with Crippen LogP contribution in [0.3, 0.4) is 0 Å². The van der Waals surface area contributed by atoms with E-state index < -0.39 is 0 Å². The van der Waals surface area contributed by atoms with Crippen molar-refractivity contribution in [2.24, 2.45) is 11.7 Å². The van der Waals surface area contributed by atoms with E-state index in [9.17, 15) is 4.79 Å². The van der Waals surface area contributed by atoms with Gasteiger partial charge in [0.15, 0.2) is 0 Å². The van der Waals surface area contributed by atoms with Crippen LogP contribution in [0.25, 0.3) is 0 Å². The Labute approximate surface area is 112 Å². The summed E-state index contributed by atoms with van der Waals surface area (Å²) in [6.07, 6.45) is 0.0166. The Morgan fingerprint density at radius 3 is 3.00 bits per heavy atom. The first-order valence-electron chi connectivity index (χ1n) is 6.29. The molecule has 3 atom stereocenters. The molecule has 100 valence electrons. The number of carbonyl (C=O) groups excluding carboxylic acids is 1. The SMILES string of the molecule is CC(N)C(C)C(=O)N1CCOC(c2cccs2)C1. The summed E-state index contributed by atoms with van der Waals surface area (Å²) in [4.78, 5) is 15.3. The maximum atomic E-state index is 12.2. The average molecular weight is 268 g/mol.